The first-order chi connectivity index (χ1) is 9.27. The van der Waals surface area contributed by atoms with E-state index < -0.39 is 18.4 Å². The Morgan fingerprint density at radius 3 is 2.20 bits per heavy atom. The van der Waals surface area contributed by atoms with Crippen LogP contribution in [0.4, 0.5) is 0 Å². The Hall–Kier alpha value is -1.67. The predicted molar refractivity (Wildman–Crippen MR) is 69.9 cm³/mol. The molecular formula is C12H21N3O5. The van der Waals surface area contributed by atoms with Gasteiger partial charge in [0.15, 0.2) is 0 Å². The largest absolute Gasteiger partial charge is 0.480 e. The van der Waals surface area contributed by atoms with Crippen LogP contribution >= 0.6 is 0 Å². The fourth-order valence-corrected chi connectivity index (χ4v) is 2.25. The Morgan fingerprint density at radius 1 is 1.20 bits per heavy atom. The quantitative estimate of drug-likeness (QED) is 0.614. The number of rotatable bonds is 6. The number of hydrogen-bond acceptors (Lipinski definition) is 5. The van der Waals surface area contributed by atoms with Gasteiger partial charge in [0, 0.05) is 13.1 Å². The van der Waals surface area contributed by atoms with Gasteiger partial charge in [-0.05, 0) is 13.8 Å². The number of nitrogens with zero attached hydrogens (tertiary/aromatic N) is 2. The van der Waals surface area contributed by atoms with E-state index in [0.717, 1.165) is 0 Å². The number of primary amides is 1. The summed E-state index contributed by atoms with van der Waals surface area (Å²) >= 11 is 0. The lowest BCUT2D eigenvalue weighted by Crippen LogP contribution is -2.52. The van der Waals surface area contributed by atoms with Crippen molar-refractivity contribution in [1.82, 2.24) is 9.80 Å². The summed E-state index contributed by atoms with van der Waals surface area (Å²) < 4.78 is 5.52. The Kier molecular flexibility index (Phi) is 5.90. The third-order valence-electron chi connectivity index (χ3n) is 2.87. The maximum atomic E-state index is 12.1. The highest BCUT2D eigenvalue weighted by Crippen LogP contribution is 2.11. The molecule has 20 heavy (non-hydrogen) atoms. The number of ether oxygens (including phenoxy) is 1. The molecule has 1 heterocycles. The highest BCUT2D eigenvalue weighted by Gasteiger charge is 2.27. The van der Waals surface area contributed by atoms with E-state index >= 15 is 0 Å². The summed E-state index contributed by atoms with van der Waals surface area (Å²) in [5.74, 6) is -2.00. The molecule has 0 aromatic rings. The van der Waals surface area contributed by atoms with E-state index in [0.29, 0.717) is 13.1 Å². The van der Waals surface area contributed by atoms with Crippen molar-refractivity contribution in [3.05, 3.63) is 0 Å². The standard InChI is InChI=1S/C12H21N3O5/c1-8-3-15(4-9(2)20-8)11(17)6-14(5-10(13)16)7-12(18)19/h8-9H,3-7H2,1-2H3,(H2,13,16)(H,18,19). The van der Waals surface area contributed by atoms with Gasteiger partial charge in [-0.25, -0.2) is 0 Å². The van der Waals surface area contributed by atoms with Crippen molar-refractivity contribution in [2.75, 3.05) is 32.7 Å². The summed E-state index contributed by atoms with van der Waals surface area (Å²) in [6, 6.07) is 0. The van der Waals surface area contributed by atoms with E-state index in [1.165, 1.54) is 4.90 Å². The van der Waals surface area contributed by atoms with Gasteiger partial charge in [-0.1, -0.05) is 0 Å². The molecule has 1 aliphatic rings. The smallest absolute Gasteiger partial charge is 0.317 e. The van der Waals surface area contributed by atoms with Crippen molar-refractivity contribution in [3.8, 4) is 0 Å². The summed E-state index contributed by atoms with van der Waals surface area (Å²) in [6.07, 6.45) is -0.126. The summed E-state index contributed by atoms with van der Waals surface area (Å²) in [5.41, 5.74) is 5.05. The molecule has 1 aliphatic heterocycles. The van der Waals surface area contributed by atoms with Crippen LogP contribution in [0.1, 0.15) is 13.8 Å². The van der Waals surface area contributed by atoms with Gasteiger partial charge >= 0.3 is 5.97 Å². The molecule has 1 saturated heterocycles. The molecule has 0 aromatic heterocycles. The minimum atomic E-state index is -1.11. The Balaban J connectivity index is 2.59. The summed E-state index contributed by atoms with van der Waals surface area (Å²) in [4.78, 5) is 36.6. The normalized spacial score (nSPS) is 22.9. The minimum Gasteiger partial charge on any atom is -0.480 e. The molecule has 8 heteroatoms. The Morgan fingerprint density at radius 2 is 1.75 bits per heavy atom. The maximum absolute atomic E-state index is 12.1. The molecule has 114 valence electrons. The molecule has 0 aromatic carbocycles. The molecule has 0 radical (unpaired) electrons. The second-order valence-corrected chi connectivity index (χ2v) is 5.06. The van der Waals surface area contributed by atoms with E-state index in [2.05, 4.69) is 0 Å². The number of amides is 2. The third-order valence-corrected chi connectivity index (χ3v) is 2.87. The SMILES string of the molecule is CC1CN(C(=O)CN(CC(N)=O)CC(=O)O)CC(C)O1. The summed E-state index contributed by atoms with van der Waals surface area (Å²) in [7, 11) is 0. The van der Waals surface area contributed by atoms with E-state index in [1.54, 1.807) is 4.90 Å². The van der Waals surface area contributed by atoms with Crippen LogP contribution in [0, 0.1) is 0 Å². The molecule has 2 amide bonds. The van der Waals surface area contributed by atoms with Crippen molar-refractivity contribution in [2.24, 2.45) is 5.73 Å². The monoisotopic (exact) mass is 287 g/mol. The number of aliphatic carboxylic acids is 1. The maximum Gasteiger partial charge on any atom is 0.317 e. The third kappa shape index (κ3) is 5.54. The average Bonchev–Trinajstić information content (AvgIpc) is 2.25. The molecule has 3 N–H and O–H groups in total. The van der Waals surface area contributed by atoms with E-state index in [1.807, 2.05) is 13.8 Å². The van der Waals surface area contributed by atoms with E-state index in [-0.39, 0.29) is 31.2 Å². The summed E-state index contributed by atoms with van der Waals surface area (Å²) in [5, 5.41) is 8.77. The second-order valence-electron chi connectivity index (χ2n) is 5.06. The first-order valence-corrected chi connectivity index (χ1v) is 6.43. The highest BCUT2D eigenvalue weighted by atomic mass is 16.5. The minimum absolute atomic E-state index is 0.0632. The molecule has 1 rings (SSSR count). The van der Waals surface area contributed by atoms with Gasteiger partial charge < -0.3 is 20.5 Å². The Labute approximate surface area is 117 Å². The van der Waals surface area contributed by atoms with Crippen LogP contribution in [-0.2, 0) is 19.1 Å². The molecular weight excluding hydrogens is 266 g/mol. The molecule has 0 spiro atoms. The number of carbonyl (C=O) groups excluding carboxylic acids is 2. The van der Waals surface area contributed by atoms with E-state index in [9.17, 15) is 14.4 Å². The summed E-state index contributed by atoms with van der Waals surface area (Å²) in [6.45, 7) is 3.86. The van der Waals surface area contributed by atoms with Crippen LogP contribution < -0.4 is 5.73 Å². The van der Waals surface area contributed by atoms with Gasteiger partial charge in [-0.15, -0.1) is 0 Å². The second kappa shape index (κ2) is 7.20. The van der Waals surface area contributed by atoms with Crippen molar-refractivity contribution in [2.45, 2.75) is 26.1 Å². The van der Waals surface area contributed by atoms with Crippen LogP contribution in [0.3, 0.4) is 0 Å². The van der Waals surface area contributed by atoms with Crippen molar-refractivity contribution < 1.29 is 24.2 Å². The van der Waals surface area contributed by atoms with Crippen LogP contribution in [0.5, 0.6) is 0 Å². The van der Waals surface area contributed by atoms with Crippen molar-refractivity contribution in [3.63, 3.8) is 0 Å². The fraction of sp³-hybridized carbons (Fsp3) is 0.750. The van der Waals surface area contributed by atoms with Crippen LogP contribution in [-0.4, -0.2) is 77.6 Å². The van der Waals surface area contributed by atoms with E-state index in [4.69, 9.17) is 15.6 Å². The zero-order valence-corrected chi connectivity index (χ0v) is 11.7. The Bertz CT molecular complexity index is 361. The highest BCUT2D eigenvalue weighted by molar-refractivity contribution is 5.81. The number of carbonyl (C=O) groups is 3. The molecule has 2 unspecified atom stereocenters. The fourth-order valence-electron chi connectivity index (χ4n) is 2.25. The average molecular weight is 287 g/mol. The van der Waals surface area contributed by atoms with Gasteiger partial charge in [0.1, 0.15) is 0 Å². The van der Waals surface area contributed by atoms with Gasteiger partial charge in [0.05, 0.1) is 31.8 Å². The molecule has 1 fully saturated rings. The zero-order valence-electron chi connectivity index (χ0n) is 11.7. The molecule has 8 nitrogen and oxygen atoms in total. The predicted octanol–water partition coefficient (Wildman–Crippen LogP) is -1.51. The first kappa shape index (κ1) is 16.4. The van der Waals surface area contributed by atoms with Crippen molar-refractivity contribution in [1.29, 1.82) is 0 Å². The lowest BCUT2D eigenvalue weighted by molar-refractivity contribution is -0.146. The topological polar surface area (TPSA) is 113 Å². The van der Waals surface area contributed by atoms with Gasteiger partial charge in [-0.3, -0.25) is 19.3 Å². The van der Waals surface area contributed by atoms with Gasteiger partial charge in [0.2, 0.25) is 11.8 Å². The molecule has 0 saturated carbocycles. The number of carboxylic acids is 1. The van der Waals surface area contributed by atoms with Gasteiger partial charge in [0.25, 0.3) is 0 Å². The molecule has 0 bridgehead atoms. The van der Waals surface area contributed by atoms with Gasteiger partial charge in [-0.2, -0.15) is 0 Å². The van der Waals surface area contributed by atoms with Crippen LogP contribution in [0.25, 0.3) is 0 Å². The number of carboxylic acid groups (broad SMARTS) is 1. The van der Waals surface area contributed by atoms with Crippen molar-refractivity contribution >= 4 is 17.8 Å². The lowest BCUT2D eigenvalue weighted by Gasteiger charge is -2.36. The molecule has 0 aliphatic carbocycles. The van der Waals surface area contributed by atoms with Crippen LogP contribution in [0.2, 0.25) is 0 Å². The molecule has 2 atom stereocenters. The number of hydrogen-bond donors (Lipinski definition) is 2. The first-order valence-electron chi connectivity index (χ1n) is 6.43. The van der Waals surface area contributed by atoms with Crippen LogP contribution in [0.15, 0.2) is 0 Å². The lowest BCUT2D eigenvalue weighted by atomic mass is 10.2. The number of morpholine rings is 1. The number of nitrogens with two attached hydrogens (primary N) is 1. The zero-order chi connectivity index (χ0) is 15.3.